The van der Waals surface area contributed by atoms with Gasteiger partial charge in [-0.1, -0.05) is 17.7 Å². The normalized spacial score (nSPS) is 27.6. The monoisotopic (exact) mass is 558 g/mol. The summed E-state index contributed by atoms with van der Waals surface area (Å²) in [4.78, 5) is 0. The predicted molar refractivity (Wildman–Crippen MR) is 138 cm³/mol. The first kappa shape index (κ1) is 31.2. The van der Waals surface area contributed by atoms with Crippen LogP contribution in [0.15, 0.2) is 35.6 Å². The van der Waals surface area contributed by atoms with Gasteiger partial charge in [0.25, 0.3) is 0 Å². The molecule has 0 unspecified atom stereocenters. The Kier molecular flexibility index (Phi) is 12.3. The van der Waals surface area contributed by atoms with Crippen molar-refractivity contribution in [1.29, 1.82) is 0 Å². The van der Waals surface area contributed by atoms with Crippen LogP contribution in [0.25, 0.3) is 0 Å². The molecule has 3 heterocycles. The highest BCUT2D eigenvalue weighted by atomic mass is 19.2. The number of hydrogen-bond donors (Lipinski definition) is 4. The predicted octanol–water partition coefficient (Wildman–Crippen LogP) is 2.00. The third kappa shape index (κ3) is 8.09. The Labute approximate surface area is 227 Å². The lowest BCUT2D eigenvalue weighted by molar-refractivity contribution is -0.278. The van der Waals surface area contributed by atoms with Gasteiger partial charge < -0.3 is 39.4 Å². The van der Waals surface area contributed by atoms with Crippen LogP contribution in [-0.2, 0) is 20.6 Å². The van der Waals surface area contributed by atoms with Gasteiger partial charge >= 0.3 is 0 Å². The van der Waals surface area contributed by atoms with Crippen molar-refractivity contribution in [1.82, 2.24) is 9.78 Å². The van der Waals surface area contributed by atoms with E-state index in [0.717, 1.165) is 48.3 Å². The zero-order valence-electron chi connectivity index (χ0n) is 22.4. The molecule has 1 aliphatic carbocycles. The average Bonchev–Trinajstić information content (AvgIpc) is 3.11. The topological polar surface area (TPSA) is 136 Å². The van der Waals surface area contributed by atoms with E-state index in [9.17, 15) is 29.2 Å². The fourth-order valence-corrected chi connectivity index (χ4v) is 4.73. The molecule has 1 aromatic rings. The minimum absolute atomic E-state index is 0.167. The molecule has 220 valence electrons. The smallest absolute Gasteiger partial charge is 0.238 e. The lowest BCUT2D eigenvalue weighted by Crippen LogP contribution is -2.60. The second-order valence-corrected chi connectivity index (χ2v) is 9.51. The largest absolute Gasteiger partial charge is 0.497 e. The van der Waals surface area contributed by atoms with Crippen molar-refractivity contribution in [3.63, 3.8) is 0 Å². The van der Waals surface area contributed by atoms with Crippen LogP contribution < -0.4 is 4.74 Å². The van der Waals surface area contributed by atoms with E-state index in [1.807, 2.05) is 29.8 Å². The van der Waals surface area contributed by atoms with Crippen LogP contribution in [0, 0.1) is 6.92 Å². The molecule has 0 spiro atoms. The molecule has 1 aromatic heterocycles. The first-order chi connectivity index (χ1) is 18.8. The SMILES string of the molecule is COC1=CCC=C(CCc2c(O[C@@H]3O[C@H](CO)[C@@H](O)[C@H](O)[C@H]3O)nn(C3CCOCC3)c2C)C=C1.FCCF. The highest BCUT2D eigenvalue weighted by molar-refractivity contribution is 5.35. The summed E-state index contributed by atoms with van der Waals surface area (Å²) in [6.07, 6.45) is 5.18. The summed E-state index contributed by atoms with van der Waals surface area (Å²) >= 11 is 0. The molecule has 0 radical (unpaired) electrons. The Bertz CT molecular complexity index is 989. The van der Waals surface area contributed by atoms with Crippen LogP contribution >= 0.6 is 0 Å². The molecular formula is C27H40F2N2O8. The van der Waals surface area contributed by atoms with Crippen LogP contribution in [0.1, 0.15) is 43.0 Å². The number of aromatic nitrogens is 2. The first-order valence-electron chi connectivity index (χ1n) is 13.2. The lowest BCUT2D eigenvalue weighted by Gasteiger charge is -2.39. The second-order valence-electron chi connectivity index (χ2n) is 9.51. The number of allylic oxidation sites excluding steroid dienone is 5. The summed E-state index contributed by atoms with van der Waals surface area (Å²) in [5.74, 6) is 1.14. The van der Waals surface area contributed by atoms with E-state index >= 15 is 0 Å². The highest BCUT2D eigenvalue weighted by Gasteiger charge is 2.45. The van der Waals surface area contributed by atoms with Crippen LogP contribution in [-0.4, -0.2) is 101 Å². The Morgan fingerprint density at radius 2 is 1.74 bits per heavy atom. The molecule has 10 nitrogen and oxygen atoms in total. The average molecular weight is 559 g/mol. The molecule has 0 saturated carbocycles. The van der Waals surface area contributed by atoms with Gasteiger partial charge in [-0.05, 0) is 51.2 Å². The van der Waals surface area contributed by atoms with Crippen LogP contribution in [0.2, 0.25) is 0 Å². The lowest BCUT2D eigenvalue weighted by atomic mass is 9.99. The van der Waals surface area contributed by atoms with Gasteiger partial charge in [0.15, 0.2) is 0 Å². The molecule has 0 bridgehead atoms. The number of aliphatic hydroxyl groups is 4. The number of alkyl halides is 2. The number of halogens is 2. The van der Waals surface area contributed by atoms with E-state index in [1.165, 1.54) is 0 Å². The van der Waals surface area contributed by atoms with Crippen molar-refractivity contribution >= 4 is 0 Å². The summed E-state index contributed by atoms with van der Waals surface area (Å²) in [5, 5.41) is 45.0. The molecule has 12 heteroatoms. The maximum absolute atomic E-state index is 10.5. The fraction of sp³-hybridized carbons (Fsp3) is 0.667. The Morgan fingerprint density at radius 1 is 1.03 bits per heavy atom. The summed E-state index contributed by atoms with van der Waals surface area (Å²) in [5.41, 5.74) is 3.00. The molecule has 2 fully saturated rings. The molecule has 4 N–H and O–H groups in total. The van der Waals surface area contributed by atoms with Gasteiger partial charge in [-0.15, -0.1) is 5.10 Å². The Morgan fingerprint density at radius 3 is 2.38 bits per heavy atom. The second kappa shape index (κ2) is 15.4. The summed E-state index contributed by atoms with van der Waals surface area (Å²) in [6.45, 7) is 1.11. The maximum atomic E-state index is 10.5. The van der Waals surface area contributed by atoms with Gasteiger partial charge in [-0.25, -0.2) is 8.78 Å². The van der Waals surface area contributed by atoms with Gasteiger partial charge in [0.05, 0.1) is 19.8 Å². The van der Waals surface area contributed by atoms with E-state index in [-0.39, 0.29) is 6.04 Å². The molecule has 0 aromatic carbocycles. The number of ether oxygens (including phenoxy) is 4. The minimum Gasteiger partial charge on any atom is -0.497 e. The number of aliphatic hydroxyl groups excluding tert-OH is 4. The maximum Gasteiger partial charge on any atom is 0.238 e. The Hall–Kier alpha value is -2.35. The molecule has 39 heavy (non-hydrogen) atoms. The molecular weight excluding hydrogens is 518 g/mol. The summed E-state index contributed by atoms with van der Waals surface area (Å²) < 4.78 is 45.1. The van der Waals surface area contributed by atoms with Gasteiger partial charge in [0, 0.05) is 24.5 Å². The van der Waals surface area contributed by atoms with E-state index in [2.05, 4.69) is 6.08 Å². The van der Waals surface area contributed by atoms with Crippen molar-refractivity contribution in [2.45, 2.75) is 75.8 Å². The van der Waals surface area contributed by atoms with Gasteiger partial charge in [-0.3, -0.25) is 4.68 Å². The van der Waals surface area contributed by atoms with Crippen molar-refractivity contribution in [3.8, 4) is 5.88 Å². The first-order valence-corrected chi connectivity index (χ1v) is 13.2. The molecule has 2 aliphatic heterocycles. The van der Waals surface area contributed by atoms with Gasteiger partial charge in [0.1, 0.15) is 43.5 Å². The Balaban J connectivity index is 0.000000983. The zero-order valence-corrected chi connectivity index (χ0v) is 22.4. The summed E-state index contributed by atoms with van der Waals surface area (Å²) in [6, 6.07) is 0.167. The van der Waals surface area contributed by atoms with Crippen molar-refractivity contribution in [2.24, 2.45) is 0 Å². The third-order valence-electron chi connectivity index (χ3n) is 6.98. The number of methoxy groups -OCH3 is 1. The van der Waals surface area contributed by atoms with Gasteiger partial charge in [-0.2, -0.15) is 0 Å². The summed E-state index contributed by atoms with van der Waals surface area (Å²) in [7, 11) is 1.65. The molecule has 3 aliphatic rings. The van der Waals surface area contributed by atoms with Crippen LogP contribution in [0.3, 0.4) is 0 Å². The molecule has 2 saturated heterocycles. The number of nitrogens with zero attached hydrogens (tertiary/aromatic N) is 2. The number of rotatable bonds is 9. The number of hydrogen-bond acceptors (Lipinski definition) is 9. The quantitative estimate of drug-likeness (QED) is 0.359. The molecule has 0 amide bonds. The molecule has 4 rings (SSSR count). The van der Waals surface area contributed by atoms with E-state index in [1.54, 1.807) is 7.11 Å². The minimum atomic E-state index is -1.52. The van der Waals surface area contributed by atoms with Crippen LogP contribution in [0.4, 0.5) is 8.78 Å². The zero-order chi connectivity index (χ0) is 28.4. The van der Waals surface area contributed by atoms with E-state index in [4.69, 9.17) is 24.0 Å². The standard InChI is InChI=1S/C25H36N2O8.C2H4F2/c1-15-19(9-7-16-4-3-5-18(32-2)8-6-16)24(26-27(15)17-10-12-33-13-11-17)35-25-23(31)22(30)21(29)20(14-28)34-25;3-1-2-4/h4-6,8,17,20-23,25,28-31H,3,7,9-14H2,1-2H3;1-2H2/t20-,21-,22+,23-,25+;/m1./s1. The van der Waals surface area contributed by atoms with Crippen molar-refractivity contribution in [2.75, 3.05) is 40.3 Å². The third-order valence-corrected chi connectivity index (χ3v) is 6.98. The van der Waals surface area contributed by atoms with E-state index < -0.39 is 50.7 Å². The van der Waals surface area contributed by atoms with Crippen molar-refractivity contribution < 1.29 is 48.2 Å². The van der Waals surface area contributed by atoms with Gasteiger partial charge in [0.2, 0.25) is 12.2 Å². The van der Waals surface area contributed by atoms with E-state index in [0.29, 0.717) is 25.5 Å². The van der Waals surface area contributed by atoms with Crippen LogP contribution in [0.5, 0.6) is 5.88 Å². The fourth-order valence-electron chi connectivity index (χ4n) is 4.73. The van der Waals surface area contributed by atoms with Crippen molar-refractivity contribution in [3.05, 3.63) is 46.9 Å². The highest BCUT2D eigenvalue weighted by Crippen LogP contribution is 2.33. The molecule has 5 atom stereocenters.